The third kappa shape index (κ3) is 3.24. The molecule has 3 fully saturated rings. The van der Waals surface area contributed by atoms with E-state index in [0.29, 0.717) is 17.7 Å². The maximum Gasteiger partial charge on any atom is 0.259 e. The molecule has 2 saturated heterocycles. The molecule has 4 heterocycles. The van der Waals surface area contributed by atoms with Gasteiger partial charge >= 0.3 is 0 Å². The molecule has 0 N–H and O–H groups in total. The van der Waals surface area contributed by atoms with Gasteiger partial charge in [-0.05, 0) is 64.6 Å². The van der Waals surface area contributed by atoms with Crippen LogP contribution in [-0.2, 0) is 0 Å². The van der Waals surface area contributed by atoms with Crippen LogP contribution in [0, 0.1) is 6.92 Å². The van der Waals surface area contributed by atoms with Crippen molar-refractivity contribution in [3.8, 4) is 0 Å². The van der Waals surface area contributed by atoms with Gasteiger partial charge in [0, 0.05) is 30.7 Å². The van der Waals surface area contributed by atoms with E-state index >= 15 is 0 Å². The highest BCUT2D eigenvalue weighted by Gasteiger charge is 2.32. The lowest BCUT2D eigenvalue weighted by atomic mass is 9.98. The number of carbonyl (C=O) groups is 1. The third-order valence-corrected chi connectivity index (χ3v) is 6.52. The molecule has 6 nitrogen and oxygen atoms in total. The van der Waals surface area contributed by atoms with Crippen LogP contribution in [-0.4, -0.2) is 58.1 Å². The first-order valence-corrected chi connectivity index (χ1v) is 10.5. The van der Waals surface area contributed by atoms with Gasteiger partial charge in [-0.15, -0.1) is 0 Å². The number of nitrogens with zero attached hydrogens (tertiary/aromatic N) is 4. The monoisotopic (exact) mass is 368 g/mol. The molecule has 0 unspecified atom stereocenters. The van der Waals surface area contributed by atoms with E-state index in [-0.39, 0.29) is 5.91 Å². The fraction of sp³-hybridized carbons (Fsp3) is 0.667. The fourth-order valence-corrected chi connectivity index (χ4v) is 4.76. The van der Waals surface area contributed by atoms with Crippen LogP contribution in [0.2, 0.25) is 0 Å². The molecule has 3 aliphatic rings. The van der Waals surface area contributed by atoms with Gasteiger partial charge in [0.05, 0.1) is 16.6 Å². The first-order valence-electron chi connectivity index (χ1n) is 10.5. The van der Waals surface area contributed by atoms with E-state index in [1.54, 1.807) is 0 Å². The molecule has 0 bridgehead atoms. The number of hydrogen-bond acceptors (Lipinski definition) is 5. The molecule has 2 aromatic rings. The summed E-state index contributed by atoms with van der Waals surface area (Å²) in [6.45, 7) is 6.03. The summed E-state index contributed by atoms with van der Waals surface area (Å²) >= 11 is 0. The molecular weight excluding hydrogens is 340 g/mol. The zero-order valence-electron chi connectivity index (χ0n) is 16.1. The van der Waals surface area contributed by atoms with Gasteiger partial charge in [-0.2, -0.15) is 0 Å². The molecule has 6 heteroatoms. The number of aromatic nitrogens is 2. The predicted octanol–water partition coefficient (Wildman–Crippen LogP) is 3.50. The van der Waals surface area contributed by atoms with Crippen molar-refractivity contribution in [1.29, 1.82) is 0 Å². The lowest BCUT2D eigenvalue weighted by Gasteiger charge is -2.40. The van der Waals surface area contributed by atoms with E-state index in [2.05, 4.69) is 15.0 Å². The highest BCUT2D eigenvalue weighted by Crippen LogP contribution is 2.40. The topological polar surface area (TPSA) is 62.5 Å². The number of hydrogen-bond donors (Lipinski definition) is 0. The number of rotatable bonds is 3. The van der Waals surface area contributed by atoms with Gasteiger partial charge < -0.3 is 14.3 Å². The van der Waals surface area contributed by atoms with E-state index in [9.17, 15) is 4.79 Å². The molecule has 5 rings (SSSR count). The predicted molar refractivity (Wildman–Crippen MR) is 103 cm³/mol. The van der Waals surface area contributed by atoms with Crippen molar-refractivity contribution in [3.05, 3.63) is 23.0 Å². The van der Waals surface area contributed by atoms with Crippen LogP contribution in [0.1, 0.15) is 72.6 Å². The quantitative estimate of drug-likeness (QED) is 0.830. The molecule has 1 aliphatic carbocycles. The Kier molecular flexibility index (Phi) is 4.38. The van der Waals surface area contributed by atoms with Crippen molar-refractivity contribution in [2.45, 2.75) is 63.8 Å². The van der Waals surface area contributed by atoms with Crippen molar-refractivity contribution in [2.75, 3.05) is 26.2 Å². The molecule has 0 atom stereocenters. The fourth-order valence-electron chi connectivity index (χ4n) is 4.76. The molecule has 2 aliphatic heterocycles. The van der Waals surface area contributed by atoms with Gasteiger partial charge in [0.15, 0.2) is 0 Å². The zero-order valence-corrected chi connectivity index (χ0v) is 16.1. The number of piperidine rings is 2. The Hall–Kier alpha value is -1.95. The first kappa shape index (κ1) is 17.2. The lowest BCUT2D eigenvalue weighted by molar-refractivity contribution is 0.0591. The van der Waals surface area contributed by atoms with Crippen molar-refractivity contribution in [3.63, 3.8) is 0 Å². The molecule has 144 valence electrons. The van der Waals surface area contributed by atoms with Gasteiger partial charge in [0.25, 0.3) is 11.6 Å². The van der Waals surface area contributed by atoms with E-state index < -0.39 is 0 Å². The number of carbonyl (C=O) groups excluding carboxylic acids is 1. The first-order chi connectivity index (χ1) is 13.2. The minimum absolute atomic E-state index is 0.118. The second kappa shape index (κ2) is 6.89. The number of aryl methyl sites for hydroxylation is 1. The summed E-state index contributed by atoms with van der Waals surface area (Å²) in [7, 11) is 0. The third-order valence-electron chi connectivity index (χ3n) is 6.52. The van der Waals surface area contributed by atoms with Crippen LogP contribution >= 0.6 is 0 Å². The van der Waals surface area contributed by atoms with E-state index in [4.69, 9.17) is 4.52 Å². The van der Waals surface area contributed by atoms with Crippen molar-refractivity contribution >= 4 is 17.0 Å². The molecule has 1 amide bonds. The molecule has 0 spiro atoms. The van der Waals surface area contributed by atoms with Crippen LogP contribution < -0.4 is 0 Å². The minimum Gasteiger partial charge on any atom is -0.339 e. The Morgan fingerprint density at radius 3 is 2.52 bits per heavy atom. The summed E-state index contributed by atoms with van der Waals surface area (Å²) in [4.78, 5) is 22.6. The minimum atomic E-state index is 0.118. The van der Waals surface area contributed by atoms with Crippen LogP contribution in [0.25, 0.3) is 11.1 Å². The number of likely N-dealkylation sites (tertiary alicyclic amines) is 2. The summed E-state index contributed by atoms with van der Waals surface area (Å²) in [5.74, 6) is 0.601. The molecule has 0 aromatic carbocycles. The van der Waals surface area contributed by atoms with Crippen molar-refractivity contribution in [2.24, 2.45) is 0 Å². The van der Waals surface area contributed by atoms with E-state index in [1.807, 2.05) is 17.9 Å². The molecular formula is C21H28N4O2. The molecule has 1 saturated carbocycles. The van der Waals surface area contributed by atoms with Gasteiger partial charge in [-0.25, -0.2) is 4.98 Å². The van der Waals surface area contributed by atoms with E-state index in [0.717, 1.165) is 61.1 Å². The Morgan fingerprint density at radius 2 is 1.81 bits per heavy atom. The summed E-state index contributed by atoms with van der Waals surface area (Å²) < 4.78 is 5.40. The standard InChI is InChI=1S/C21H28N4O2/c1-14-19-17(13-18(15-5-6-15)22-20(19)27-23-14)21(26)25-11-7-16(8-12-25)24-9-3-2-4-10-24/h13,15-16H,2-12H2,1H3. The van der Waals surface area contributed by atoms with Crippen LogP contribution in [0.4, 0.5) is 0 Å². The van der Waals surface area contributed by atoms with Gasteiger partial charge in [0.1, 0.15) is 0 Å². The highest BCUT2D eigenvalue weighted by molar-refractivity contribution is 6.06. The molecule has 2 aromatic heterocycles. The largest absolute Gasteiger partial charge is 0.339 e. The summed E-state index contributed by atoms with van der Waals surface area (Å²) in [5.41, 5.74) is 3.00. The van der Waals surface area contributed by atoms with Crippen LogP contribution in [0.15, 0.2) is 10.6 Å². The molecule has 27 heavy (non-hydrogen) atoms. The summed E-state index contributed by atoms with van der Waals surface area (Å²) in [6.07, 6.45) is 8.49. The smallest absolute Gasteiger partial charge is 0.259 e. The Labute approximate surface area is 159 Å². The van der Waals surface area contributed by atoms with Crippen LogP contribution in [0.5, 0.6) is 0 Å². The van der Waals surface area contributed by atoms with Gasteiger partial charge in [-0.1, -0.05) is 11.6 Å². The SMILES string of the molecule is Cc1noc2nc(C3CC3)cc(C(=O)N3CCC(N4CCCCC4)CC3)c12. The van der Waals surface area contributed by atoms with Crippen LogP contribution in [0.3, 0.4) is 0 Å². The normalized spacial score (nSPS) is 22.5. The highest BCUT2D eigenvalue weighted by atomic mass is 16.5. The maximum absolute atomic E-state index is 13.4. The Bertz CT molecular complexity index is 843. The second-order valence-corrected chi connectivity index (χ2v) is 8.44. The lowest BCUT2D eigenvalue weighted by Crippen LogP contribution is -2.48. The van der Waals surface area contributed by atoms with Gasteiger partial charge in [0.2, 0.25) is 0 Å². The van der Waals surface area contributed by atoms with Crippen molar-refractivity contribution in [1.82, 2.24) is 19.9 Å². The summed E-state index contributed by atoms with van der Waals surface area (Å²) in [5, 5.41) is 4.86. The number of fused-ring (bicyclic) bond motifs is 1. The van der Waals surface area contributed by atoms with Crippen molar-refractivity contribution < 1.29 is 9.32 Å². The maximum atomic E-state index is 13.4. The zero-order chi connectivity index (χ0) is 18.4. The average molecular weight is 368 g/mol. The number of amides is 1. The Morgan fingerprint density at radius 1 is 1.07 bits per heavy atom. The Balaban J connectivity index is 1.36. The summed E-state index contributed by atoms with van der Waals surface area (Å²) in [6, 6.07) is 2.65. The van der Waals surface area contributed by atoms with Gasteiger partial charge in [-0.3, -0.25) is 4.79 Å². The average Bonchev–Trinajstić information content (AvgIpc) is 3.51. The number of pyridine rings is 1. The second-order valence-electron chi connectivity index (χ2n) is 8.44. The van der Waals surface area contributed by atoms with E-state index in [1.165, 1.54) is 32.4 Å². The molecule has 0 radical (unpaired) electrons.